The van der Waals surface area contributed by atoms with Gasteiger partial charge >= 0.3 is 0 Å². The van der Waals surface area contributed by atoms with Gasteiger partial charge in [0, 0.05) is 24.7 Å². The molecule has 0 radical (unpaired) electrons. The van der Waals surface area contributed by atoms with Crippen LogP contribution in [0.1, 0.15) is 25.7 Å². The minimum atomic E-state index is 0.209. The van der Waals surface area contributed by atoms with Crippen LogP contribution in [0.4, 0.5) is 0 Å². The second kappa shape index (κ2) is 4.71. The van der Waals surface area contributed by atoms with Crippen LogP contribution >= 0.6 is 11.8 Å². The third-order valence-corrected chi connectivity index (χ3v) is 4.37. The Morgan fingerprint density at radius 3 is 3.00 bits per heavy atom. The molecule has 1 saturated carbocycles. The zero-order valence-electron chi connectivity index (χ0n) is 8.89. The molecule has 1 heterocycles. The van der Waals surface area contributed by atoms with Crippen molar-refractivity contribution in [2.45, 2.75) is 36.1 Å². The van der Waals surface area contributed by atoms with Crippen LogP contribution in [0.15, 0.2) is 17.6 Å². The van der Waals surface area contributed by atoms with Gasteiger partial charge in [-0.25, -0.2) is 4.98 Å². The van der Waals surface area contributed by atoms with E-state index in [1.54, 1.807) is 11.8 Å². The Morgan fingerprint density at radius 2 is 2.33 bits per heavy atom. The van der Waals surface area contributed by atoms with Crippen molar-refractivity contribution < 1.29 is 0 Å². The number of rotatable bonds is 2. The van der Waals surface area contributed by atoms with Crippen molar-refractivity contribution in [1.82, 2.24) is 9.55 Å². The Kier molecular flexibility index (Phi) is 3.32. The molecule has 0 N–H and O–H groups in total. The fraction of sp³-hybridized carbons (Fsp3) is 0.636. The summed E-state index contributed by atoms with van der Waals surface area (Å²) in [7, 11) is 2.00. The highest BCUT2D eigenvalue weighted by molar-refractivity contribution is 7.99. The van der Waals surface area contributed by atoms with E-state index in [4.69, 9.17) is 5.26 Å². The number of hydrogen-bond acceptors (Lipinski definition) is 3. The summed E-state index contributed by atoms with van der Waals surface area (Å²) in [5.41, 5.74) is 0. The molecule has 0 aliphatic heterocycles. The topological polar surface area (TPSA) is 41.6 Å². The number of imidazole rings is 1. The average Bonchev–Trinajstić information content (AvgIpc) is 2.65. The Balaban J connectivity index is 2.04. The van der Waals surface area contributed by atoms with E-state index in [1.165, 1.54) is 12.8 Å². The third-order valence-electron chi connectivity index (χ3n) is 2.90. The number of aromatic nitrogens is 2. The molecule has 0 saturated heterocycles. The zero-order valence-corrected chi connectivity index (χ0v) is 9.70. The molecule has 15 heavy (non-hydrogen) atoms. The average molecular weight is 221 g/mol. The van der Waals surface area contributed by atoms with E-state index in [2.05, 4.69) is 11.1 Å². The summed E-state index contributed by atoms with van der Waals surface area (Å²) < 4.78 is 2.02. The van der Waals surface area contributed by atoms with Crippen LogP contribution < -0.4 is 0 Å². The van der Waals surface area contributed by atoms with Gasteiger partial charge in [-0.3, -0.25) is 0 Å². The minimum absolute atomic E-state index is 0.209. The molecule has 1 aliphatic carbocycles. The summed E-state index contributed by atoms with van der Waals surface area (Å²) in [6, 6.07) is 2.43. The largest absolute Gasteiger partial charge is 0.329 e. The van der Waals surface area contributed by atoms with E-state index < -0.39 is 0 Å². The first-order valence-electron chi connectivity index (χ1n) is 5.35. The molecule has 0 aromatic carbocycles. The summed E-state index contributed by atoms with van der Waals surface area (Å²) in [5.74, 6) is 0.209. The van der Waals surface area contributed by atoms with Crippen LogP contribution in [0.25, 0.3) is 0 Å². The normalized spacial score (nSPS) is 26.1. The number of aryl methyl sites for hydroxylation is 1. The van der Waals surface area contributed by atoms with Gasteiger partial charge in [0.15, 0.2) is 5.16 Å². The SMILES string of the molecule is Cn1ccnc1SC1CCCCC1C#N. The molecular weight excluding hydrogens is 206 g/mol. The van der Waals surface area contributed by atoms with Crippen LogP contribution in [-0.2, 0) is 7.05 Å². The molecule has 1 aromatic rings. The van der Waals surface area contributed by atoms with Gasteiger partial charge in [0.1, 0.15) is 0 Å². The van der Waals surface area contributed by atoms with Crippen molar-refractivity contribution in [3.63, 3.8) is 0 Å². The van der Waals surface area contributed by atoms with E-state index in [0.717, 1.165) is 18.0 Å². The minimum Gasteiger partial charge on any atom is -0.329 e. The second-order valence-electron chi connectivity index (χ2n) is 4.00. The van der Waals surface area contributed by atoms with Crippen LogP contribution in [0.5, 0.6) is 0 Å². The summed E-state index contributed by atoms with van der Waals surface area (Å²) >= 11 is 1.76. The van der Waals surface area contributed by atoms with Crippen molar-refractivity contribution in [2.24, 2.45) is 13.0 Å². The number of hydrogen-bond donors (Lipinski definition) is 0. The number of nitriles is 1. The maximum Gasteiger partial charge on any atom is 0.167 e. The Labute approximate surface area is 94.5 Å². The predicted molar refractivity (Wildman–Crippen MR) is 60.4 cm³/mol. The molecule has 0 bridgehead atoms. The lowest BCUT2D eigenvalue weighted by atomic mass is 9.90. The zero-order chi connectivity index (χ0) is 10.7. The van der Waals surface area contributed by atoms with Crippen molar-refractivity contribution in [3.05, 3.63) is 12.4 Å². The first kappa shape index (κ1) is 10.6. The summed E-state index contributed by atoms with van der Waals surface area (Å²) in [6.45, 7) is 0. The van der Waals surface area contributed by atoms with Crippen molar-refractivity contribution in [1.29, 1.82) is 5.26 Å². The van der Waals surface area contributed by atoms with E-state index in [-0.39, 0.29) is 5.92 Å². The van der Waals surface area contributed by atoms with Crippen LogP contribution in [0, 0.1) is 17.2 Å². The predicted octanol–water partition coefficient (Wildman–Crippen LogP) is 2.59. The molecule has 1 aliphatic rings. The molecular formula is C11H15N3S. The molecule has 2 unspecified atom stereocenters. The molecule has 1 fully saturated rings. The molecule has 2 atom stereocenters. The van der Waals surface area contributed by atoms with Gasteiger partial charge in [0.05, 0.1) is 12.0 Å². The summed E-state index contributed by atoms with van der Waals surface area (Å²) in [6.07, 6.45) is 8.42. The van der Waals surface area contributed by atoms with E-state index in [0.29, 0.717) is 5.25 Å². The Morgan fingerprint density at radius 1 is 1.53 bits per heavy atom. The summed E-state index contributed by atoms with van der Waals surface area (Å²) in [5, 5.41) is 10.5. The fourth-order valence-corrected chi connectivity index (χ4v) is 3.25. The van der Waals surface area contributed by atoms with Gasteiger partial charge in [0.25, 0.3) is 0 Å². The first-order chi connectivity index (χ1) is 7.31. The van der Waals surface area contributed by atoms with Crippen LogP contribution in [0.2, 0.25) is 0 Å². The lowest BCUT2D eigenvalue weighted by molar-refractivity contribution is 0.438. The van der Waals surface area contributed by atoms with Crippen LogP contribution in [-0.4, -0.2) is 14.8 Å². The molecule has 4 heteroatoms. The van der Waals surface area contributed by atoms with Gasteiger partial charge < -0.3 is 4.57 Å². The molecule has 80 valence electrons. The lowest BCUT2D eigenvalue weighted by Crippen LogP contribution is -2.20. The van der Waals surface area contributed by atoms with Gasteiger partial charge in [-0.1, -0.05) is 24.6 Å². The van der Waals surface area contributed by atoms with E-state index in [9.17, 15) is 0 Å². The van der Waals surface area contributed by atoms with Crippen molar-refractivity contribution in [2.75, 3.05) is 0 Å². The monoisotopic (exact) mass is 221 g/mol. The Hall–Kier alpha value is -0.950. The van der Waals surface area contributed by atoms with Gasteiger partial charge in [-0.05, 0) is 12.8 Å². The standard InChI is InChI=1S/C11H15N3S/c1-14-7-6-13-11(14)15-10-5-3-2-4-9(10)8-12/h6-7,9-10H,2-5H2,1H3. The van der Waals surface area contributed by atoms with Crippen molar-refractivity contribution >= 4 is 11.8 Å². The van der Waals surface area contributed by atoms with Gasteiger partial charge in [-0.15, -0.1) is 0 Å². The molecule has 1 aromatic heterocycles. The maximum absolute atomic E-state index is 9.07. The third kappa shape index (κ3) is 2.35. The Bertz CT molecular complexity index is 366. The van der Waals surface area contributed by atoms with E-state index in [1.807, 2.05) is 24.0 Å². The quantitative estimate of drug-likeness (QED) is 0.770. The van der Waals surface area contributed by atoms with Gasteiger partial charge in [-0.2, -0.15) is 5.26 Å². The second-order valence-corrected chi connectivity index (χ2v) is 5.20. The fourth-order valence-electron chi connectivity index (χ4n) is 1.99. The highest BCUT2D eigenvalue weighted by Gasteiger charge is 2.26. The van der Waals surface area contributed by atoms with Crippen molar-refractivity contribution in [3.8, 4) is 6.07 Å². The molecule has 3 nitrogen and oxygen atoms in total. The number of thioether (sulfide) groups is 1. The number of nitrogens with zero attached hydrogens (tertiary/aromatic N) is 3. The highest BCUT2D eigenvalue weighted by atomic mass is 32.2. The maximum atomic E-state index is 9.07. The highest BCUT2D eigenvalue weighted by Crippen LogP contribution is 2.36. The van der Waals surface area contributed by atoms with E-state index >= 15 is 0 Å². The first-order valence-corrected chi connectivity index (χ1v) is 6.23. The molecule has 0 spiro atoms. The van der Waals surface area contributed by atoms with Crippen LogP contribution in [0.3, 0.4) is 0 Å². The molecule has 0 amide bonds. The van der Waals surface area contributed by atoms with Gasteiger partial charge in [0.2, 0.25) is 0 Å². The molecule has 2 rings (SSSR count). The summed E-state index contributed by atoms with van der Waals surface area (Å²) in [4.78, 5) is 4.30. The lowest BCUT2D eigenvalue weighted by Gasteiger charge is -2.25. The smallest absolute Gasteiger partial charge is 0.167 e.